The summed E-state index contributed by atoms with van der Waals surface area (Å²) in [7, 11) is 0. The van der Waals surface area contributed by atoms with Crippen LogP contribution in [0.1, 0.15) is 27.7 Å². The Morgan fingerprint density at radius 1 is 0.920 bits per heavy atom. The molecule has 0 saturated carbocycles. The van der Waals surface area contributed by atoms with Crippen molar-refractivity contribution >= 4 is 23.8 Å². The molecule has 1 rings (SSSR count). The fraction of sp³-hybridized carbons (Fsp3) is 0.733. The molecule has 0 unspecified atom stereocenters. The first-order valence-corrected chi connectivity index (χ1v) is 7.67. The number of hydrogen-bond donors (Lipinski definition) is 2. The average Bonchev–Trinajstić information content (AvgIpc) is 2.47. The monoisotopic (exact) mass is 361 g/mol. The summed E-state index contributed by atoms with van der Waals surface area (Å²) in [6.07, 6.45) is -5.73. The Labute approximate surface area is 144 Å². The summed E-state index contributed by atoms with van der Waals surface area (Å²) in [5.41, 5.74) is 0. The van der Waals surface area contributed by atoms with Gasteiger partial charge in [-0.2, -0.15) is 0 Å². The van der Waals surface area contributed by atoms with E-state index >= 15 is 0 Å². The Kier molecular flexibility index (Phi) is 7.78. The smallest absolute Gasteiger partial charge is 0.303 e. The first-order chi connectivity index (χ1) is 11.6. The minimum absolute atomic E-state index is 0.0718. The van der Waals surface area contributed by atoms with Gasteiger partial charge in [-0.15, -0.1) is 0 Å². The molecule has 0 aliphatic carbocycles. The summed E-state index contributed by atoms with van der Waals surface area (Å²) in [6.45, 7) is 4.40. The number of aliphatic hydroxyl groups is 1. The van der Waals surface area contributed by atoms with E-state index in [1.54, 1.807) is 0 Å². The highest BCUT2D eigenvalue weighted by atomic mass is 16.6. The molecule has 0 bridgehead atoms. The second-order valence-electron chi connectivity index (χ2n) is 5.59. The molecular formula is C15H23NO9. The molecule has 142 valence electrons. The zero-order valence-electron chi connectivity index (χ0n) is 14.5. The highest BCUT2D eigenvalue weighted by molar-refractivity contribution is 5.72. The number of hydrogen-bond acceptors (Lipinski definition) is 9. The summed E-state index contributed by atoms with van der Waals surface area (Å²) in [4.78, 5) is 44.9. The molecule has 2 N–H and O–H groups in total. The largest absolute Gasteiger partial charge is 0.463 e. The summed E-state index contributed by atoms with van der Waals surface area (Å²) in [5.74, 6) is -2.32. The van der Waals surface area contributed by atoms with E-state index in [0.29, 0.717) is 0 Å². The van der Waals surface area contributed by atoms with Crippen molar-refractivity contribution in [3.8, 4) is 0 Å². The van der Waals surface area contributed by atoms with Gasteiger partial charge in [0.2, 0.25) is 5.91 Å². The van der Waals surface area contributed by atoms with E-state index in [1.165, 1.54) is 13.8 Å². The molecule has 0 radical (unpaired) electrons. The molecule has 0 aromatic heterocycles. The molecule has 1 heterocycles. The number of rotatable bonds is 6. The van der Waals surface area contributed by atoms with Crippen molar-refractivity contribution in [1.29, 1.82) is 0 Å². The number of amides is 1. The average molecular weight is 361 g/mol. The first kappa shape index (κ1) is 20.8. The van der Waals surface area contributed by atoms with Crippen LogP contribution in [0, 0.1) is 0 Å². The summed E-state index contributed by atoms with van der Waals surface area (Å²) < 4.78 is 20.7. The molecule has 1 fully saturated rings. The van der Waals surface area contributed by atoms with Crippen LogP contribution in [0.25, 0.3) is 0 Å². The Bertz CT molecular complexity index is 521. The lowest BCUT2D eigenvalue weighted by molar-refractivity contribution is -0.245. The Morgan fingerprint density at radius 2 is 1.48 bits per heavy atom. The van der Waals surface area contributed by atoms with Gasteiger partial charge in [-0.25, -0.2) is 0 Å². The van der Waals surface area contributed by atoms with Crippen molar-refractivity contribution in [2.24, 2.45) is 0 Å². The highest BCUT2D eigenvalue weighted by Gasteiger charge is 2.49. The minimum Gasteiger partial charge on any atom is -0.463 e. The first-order valence-electron chi connectivity index (χ1n) is 7.67. The van der Waals surface area contributed by atoms with E-state index in [0.717, 1.165) is 13.8 Å². The van der Waals surface area contributed by atoms with Crippen LogP contribution in [0.5, 0.6) is 0 Å². The van der Waals surface area contributed by atoms with E-state index in [2.05, 4.69) is 5.32 Å². The van der Waals surface area contributed by atoms with Gasteiger partial charge in [-0.3, -0.25) is 19.2 Å². The molecule has 25 heavy (non-hydrogen) atoms. The third kappa shape index (κ3) is 6.67. The number of nitrogens with one attached hydrogen (secondary N) is 1. The van der Waals surface area contributed by atoms with E-state index in [4.69, 9.17) is 18.9 Å². The second kappa shape index (κ2) is 9.33. The minimum atomic E-state index is -1.37. The van der Waals surface area contributed by atoms with Crippen LogP contribution >= 0.6 is 0 Å². The van der Waals surface area contributed by atoms with Gasteiger partial charge in [0.05, 0.1) is 0 Å². The Hall–Kier alpha value is -2.20. The van der Waals surface area contributed by atoms with Crippen molar-refractivity contribution < 1.29 is 43.2 Å². The maximum Gasteiger partial charge on any atom is 0.303 e. The third-order valence-corrected chi connectivity index (χ3v) is 3.36. The topological polar surface area (TPSA) is 137 Å². The van der Waals surface area contributed by atoms with Gasteiger partial charge >= 0.3 is 17.9 Å². The fourth-order valence-corrected chi connectivity index (χ4v) is 2.41. The van der Waals surface area contributed by atoms with Gasteiger partial charge in [-0.05, 0) is 0 Å². The van der Waals surface area contributed by atoms with Crippen LogP contribution in [0.2, 0.25) is 0 Å². The molecule has 5 atom stereocenters. The van der Waals surface area contributed by atoms with E-state index in [1.807, 2.05) is 0 Å². The Morgan fingerprint density at radius 3 is 1.96 bits per heavy atom. The van der Waals surface area contributed by atoms with E-state index < -0.39 is 48.4 Å². The standard InChI is InChI=1S/C15H23NO9/c1-7(17)16-5-11-13(21)15(24-10(4)20)14(23-9(3)19)12(25-11)6-22-8(2)18/h11-15,21H,5-6H2,1-4H3,(H,16,17)/t11-,12+,13-,14-,15+/m0/s1. The van der Waals surface area contributed by atoms with Crippen molar-refractivity contribution in [2.75, 3.05) is 13.2 Å². The number of carbonyl (C=O) groups is 4. The quantitative estimate of drug-likeness (QED) is 0.435. The summed E-state index contributed by atoms with van der Waals surface area (Å²) in [6, 6.07) is 0. The maximum atomic E-state index is 11.4. The van der Waals surface area contributed by atoms with Gasteiger partial charge in [0.1, 0.15) is 24.9 Å². The number of carbonyl (C=O) groups excluding carboxylic acids is 4. The van der Waals surface area contributed by atoms with Crippen LogP contribution in [0.3, 0.4) is 0 Å². The lowest BCUT2D eigenvalue weighted by Crippen LogP contribution is -2.63. The molecular weight excluding hydrogens is 338 g/mol. The van der Waals surface area contributed by atoms with Crippen molar-refractivity contribution in [3.63, 3.8) is 0 Å². The second-order valence-corrected chi connectivity index (χ2v) is 5.59. The molecule has 0 aromatic carbocycles. The van der Waals surface area contributed by atoms with Crippen LogP contribution in [-0.4, -0.2) is 72.6 Å². The third-order valence-electron chi connectivity index (χ3n) is 3.36. The zero-order valence-corrected chi connectivity index (χ0v) is 14.5. The van der Waals surface area contributed by atoms with Crippen LogP contribution in [-0.2, 0) is 38.1 Å². The van der Waals surface area contributed by atoms with E-state index in [9.17, 15) is 24.3 Å². The lowest BCUT2D eigenvalue weighted by atomic mass is 9.94. The zero-order chi connectivity index (χ0) is 19.1. The van der Waals surface area contributed by atoms with Crippen molar-refractivity contribution in [2.45, 2.75) is 58.2 Å². The van der Waals surface area contributed by atoms with Crippen LogP contribution in [0.15, 0.2) is 0 Å². The molecule has 0 spiro atoms. The van der Waals surface area contributed by atoms with Gasteiger partial charge in [0.15, 0.2) is 12.2 Å². The van der Waals surface area contributed by atoms with Gasteiger partial charge in [-0.1, -0.05) is 0 Å². The number of esters is 3. The lowest BCUT2D eigenvalue weighted by Gasteiger charge is -2.43. The van der Waals surface area contributed by atoms with Gasteiger partial charge < -0.3 is 29.4 Å². The van der Waals surface area contributed by atoms with Gasteiger partial charge in [0.25, 0.3) is 0 Å². The fourth-order valence-electron chi connectivity index (χ4n) is 2.41. The molecule has 1 saturated heterocycles. The molecule has 10 heteroatoms. The predicted octanol–water partition coefficient (Wildman–Crippen LogP) is -1.32. The summed E-state index contributed by atoms with van der Waals surface area (Å²) in [5, 5.41) is 12.9. The maximum absolute atomic E-state index is 11.4. The van der Waals surface area contributed by atoms with Crippen LogP contribution < -0.4 is 5.32 Å². The molecule has 1 aliphatic rings. The van der Waals surface area contributed by atoms with Crippen molar-refractivity contribution in [1.82, 2.24) is 5.32 Å². The normalized spacial score (nSPS) is 28.6. The number of aliphatic hydroxyl groups excluding tert-OH is 1. The Balaban J connectivity index is 3.04. The van der Waals surface area contributed by atoms with Crippen molar-refractivity contribution in [3.05, 3.63) is 0 Å². The van der Waals surface area contributed by atoms with E-state index in [-0.39, 0.29) is 19.1 Å². The van der Waals surface area contributed by atoms with Crippen LogP contribution in [0.4, 0.5) is 0 Å². The molecule has 10 nitrogen and oxygen atoms in total. The SMILES string of the molecule is CC(=O)NC[C@@H]1O[C@H](COC(C)=O)[C@H](OC(C)=O)[C@H](OC(C)=O)[C@H]1O. The van der Waals surface area contributed by atoms with Gasteiger partial charge in [0, 0.05) is 34.2 Å². The highest BCUT2D eigenvalue weighted by Crippen LogP contribution is 2.26. The molecule has 1 amide bonds. The molecule has 0 aromatic rings. The predicted molar refractivity (Wildman–Crippen MR) is 81.1 cm³/mol. The molecule has 1 aliphatic heterocycles. The number of ether oxygens (including phenoxy) is 4. The summed E-state index contributed by atoms with van der Waals surface area (Å²) >= 11 is 0.